The van der Waals surface area contributed by atoms with E-state index in [1.54, 1.807) is 0 Å². The Bertz CT molecular complexity index is 397. The lowest BCUT2D eigenvalue weighted by molar-refractivity contribution is -0.0257. The summed E-state index contributed by atoms with van der Waals surface area (Å²) in [6.07, 6.45) is 7.58. The van der Waals surface area contributed by atoms with Gasteiger partial charge >= 0.3 is 0 Å². The maximum Gasteiger partial charge on any atom is 0.153 e. The lowest BCUT2D eigenvalue weighted by Crippen LogP contribution is -2.48. The van der Waals surface area contributed by atoms with Gasteiger partial charge in [-0.05, 0) is 57.2 Å². The highest BCUT2D eigenvalue weighted by Crippen LogP contribution is 2.16. The molecule has 0 amide bonds. The van der Waals surface area contributed by atoms with E-state index in [0.29, 0.717) is 38.8 Å². The number of rotatable bonds is 11. The zero-order valence-corrected chi connectivity index (χ0v) is 16.1. The summed E-state index contributed by atoms with van der Waals surface area (Å²) in [5, 5.41) is 4.76. The Morgan fingerprint density at radius 1 is 1.04 bits per heavy atom. The lowest BCUT2D eigenvalue weighted by atomic mass is 10.0. The minimum Gasteiger partial charge on any atom is -0.379 e. The second-order valence-corrected chi connectivity index (χ2v) is 7.19. The second kappa shape index (κ2) is 12.8. The summed E-state index contributed by atoms with van der Waals surface area (Å²) in [4.78, 5) is 5.89. The Balaban J connectivity index is 1.74. The van der Waals surface area contributed by atoms with E-state index >= 15 is 0 Å². The number of morpholine rings is 1. The average molecular weight is 373 g/mol. The summed E-state index contributed by atoms with van der Waals surface area (Å²) in [7, 11) is 0. The quantitative estimate of drug-likeness (QED) is 0.261. The predicted molar refractivity (Wildman–Crippen MR) is 103 cm³/mol. The van der Waals surface area contributed by atoms with Crippen LogP contribution in [0.5, 0.6) is 0 Å². The molecule has 0 aliphatic carbocycles. The maximum absolute atomic E-state index is 14.5. The summed E-state index contributed by atoms with van der Waals surface area (Å²) in [6, 6.07) is 0.342. The fourth-order valence-electron chi connectivity index (χ4n) is 3.56. The Kier molecular flexibility index (Phi) is 10.7. The number of alkyl halides is 1. The van der Waals surface area contributed by atoms with Crippen LogP contribution in [-0.2, 0) is 4.74 Å². The lowest BCUT2D eigenvalue weighted by Gasteiger charge is -2.33. The summed E-state index contributed by atoms with van der Waals surface area (Å²) in [5.74, 6) is 0. The Labute approximate surface area is 157 Å². The van der Waals surface area contributed by atoms with Gasteiger partial charge in [0, 0.05) is 38.8 Å². The first-order valence-electron chi connectivity index (χ1n) is 9.80. The normalized spacial score (nSPS) is 22.3. The smallest absolute Gasteiger partial charge is 0.153 e. The van der Waals surface area contributed by atoms with E-state index in [1.807, 2.05) is 4.90 Å². The summed E-state index contributed by atoms with van der Waals surface area (Å²) in [5.41, 5.74) is 3.66. The largest absolute Gasteiger partial charge is 0.379 e. The number of hydrogen-bond acceptors (Lipinski definition) is 6. The van der Waals surface area contributed by atoms with Crippen molar-refractivity contribution in [2.75, 3.05) is 45.9 Å². The van der Waals surface area contributed by atoms with Crippen LogP contribution in [0.4, 0.5) is 4.39 Å². The third-order valence-electron chi connectivity index (χ3n) is 5.05. The third kappa shape index (κ3) is 8.67. The van der Waals surface area contributed by atoms with E-state index in [-0.39, 0.29) is 0 Å². The van der Waals surface area contributed by atoms with Crippen molar-refractivity contribution in [3.05, 3.63) is 0 Å². The number of isothiocyanates is 1. The fraction of sp³-hybridized carbons (Fsp3) is 0.944. The van der Waals surface area contributed by atoms with Crippen molar-refractivity contribution >= 4 is 17.4 Å². The highest BCUT2D eigenvalue weighted by atomic mass is 32.1. The number of unbranched alkanes of at least 4 members (excludes halogenated alkanes) is 1. The van der Waals surface area contributed by atoms with Crippen molar-refractivity contribution in [3.63, 3.8) is 0 Å². The molecular formula is C18H33FN4OS. The van der Waals surface area contributed by atoms with Gasteiger partial charge in [-0.2, -0.15) is 0 Å². The predicted octanol–water partition coefficient (Wildman–Crippen LogP) is 3.03. The molecule has 0 radical (unpaired) electrons. The molecule has 2 heterocycles. The van der Waals surface area contributed by atoms with Crippen LogP contribution < -0.4 is 5.43 Å². The van der Waals surface area contributed by atoms with E-state index in [9.17, 15) is 4.39 Å². The van der Waals surface area contributed by atoms with Gasteiger partial charge in [-0.15, -0.1) is 0 Å². The van der Waals surface area contributed by atoms with E-state index in [4.69, 9.17) is 4.74 Å². The van der Waals surface area contributed by atoms with Crippen molar-refractivity contribution in [1.82, 2.24) is 15.3 Å². The SMILES string of the molecule is FC(CCC(CCCCN=C=S)NN1CCCCC1)N1CCOCC1. The molecule has 2 fully saturated rings. The number of hydrogen-bond donors (Lipinski definition) is 1. The van der Waals surface area contributed by atoms with Crippen LogP contribution in [0.3, 0.4) is 0 Å². The molecule has 2 aliphatic heterocycles. The van der Waals surface area contributed by atoms with E-state index in [1.165, 1.54) is 19.3 Å². The molecule has 2 unspecified atom stereocenters. The zero-order valence-electron chi connectivity index (χ0n) is 15.3. The molecule has 0 aromatic heterocycles. The van der Waals surface area contributed by atoms with Gasteiger partial charge in [0.15, 0.2) is 6.30 Å². The number of nitrogens with zero attached hydrogens (tertiary/aromatic N) is 3. The van der Waals surface area contributed by atoms with Crippen LogP contribution in [0.15, 0.2) is 4.99 Å². The highest BCUT2D eigenvalue weighted by molar-refractivity contribution is 7.78. The molecule has 2 rings (SSSR count). The van der Waals surface area contributed by atoms with Crippen LogP contribution in [0.2, 0.25) is 0 Å². The summed E-state index contributed by atoms with van der Waals surface area (Å²) >= 11 is 4.60. The van der Waals surface area contributed by atoms with Gasteiger partial charge in [0.05, 0.1) is 18.4 Å². The molecule has 1 N–H and O–H groups in total. The first-order valence-corrected chi connectivity index (χ1v) is 10.2. The molecule has 25 heavy (non-hydrogen) atoms. The third-order valence-corrected chi connectivity index (χ3v) is 5.18. The van der Waals surface area contributed by atoms with Crippen molar-refractivity contribution in [3.8, 4) is 0 Å². The molecule has 0 aromatic carbocycles. The number of thiocarbonyl (C=S) groups is 1. The molecule has 0 aromatic rings. The number of hydrazine groups is 1. The highest BCUT2D eigenvalue weighted by Gasteiger charge is 2.22. The van der Waals surface area contributed by atoms with Crippen molar-refractivity contribution in [1.29, 1.82) is 0 Å². The first-order chi connectivity index (χ1) is 12.3. The van der Waals surface area contributed by atoms with Gasteiger partial charge < -0.3 is 4.74 Å². The average Bonchev–Trinajstić information content (AvgIpc) is 2.67. The molecule has 2 aliphatic rings. The Morgan fingerprint density at radius 3 is 2.52 bits per heavy atom. The van der Waals surface area contributed by atoms with Crippen molar-refractivity contribution in [2.24, 2.45) is 4.99 Å². The standard InChI is InChI=1S/C18H33FN4OS/c19-18(22-12-14-24-15-13-22)8-7-17(6-2-3-9-20-16-25)21-23-10-4-1-5-11-23/h17-18,21H,1-15H2. The number of piperidine rings is 1. The molecule has 0 spiro atoms. The van der Waals surface area contributed by atoms with Crippen LogP contribution in [0.25, 0.3) is 0 Å². The van der Waals surface area contributed by atoms with Gasteiger partial charge in [-0.25, -0.2) is 14.4 Å². The number of ether oxygens (including phenoxy) is 1. The van der Waals surface area contributed by atoms with Gasteiger partial charge in [-0.1, -0.05) is 6.42 Å². The molecule has 5 nitrogen and oxygen atoms in total. The van der Waals surface area contributed by atoms with E-state index in [0.717, 1.165) is 45.3 Å². The maximum atomic E-state index is 14.5. The summed E-state index contributed by atoms with van der Waals surface area (Å²) < 4.78 is 19.8. The molecule has 0 saturated carbocycles. The van der Waals surface area contributed by atoms with Gasteiger partial charge in [0.2, 0.25) is 0 Å². The minimum absolute atomic E-state index is 0.342. The van der Waals surface area contributed by atoms with E-state index < -0.39 is 6.30 Å². The molecule has 2 atom stereocenters. The molecule has 2 saturated heterocycles. The molecular weight excluding hydrogens is 339 g/mol. The van der Waals surface area contributed by atoms with Crippen molar-refractivity contribution in [2.45, 2.75) is 63.7 Å². The second-order valence-electron chi connectivity index (χ2n) is 7.00. The monoisotopic (exact) mass is 372 g/mol. The zero-order chi connectivity index (χ0) is 17.7. The molecule has 7 heteroatoms. The summed E-state index contributed by atoms with van der Waals surface area (Å²) in [6.45, 7) is 5.68. The van der Waals surface area contributed by atoms with Crippen molar-refractivity contribution < 1.29 is 9.13 Å². The first kappa shape index (κ1) is 20.9. The molecule has 0 bridgehead atoms. The van der Waals surface area contributed by atoms with Gasteiger partial charge in [0.1, 0.15) is 0 Å². The van der Waals surface area contributed by atoms with Gasteiger partial charge in [-0.3, -0.25) is 10.3 Å². The van der Waals surface area contributed by atoms with Crippen LogP contribution in [0.1, 0.15) is 51.4 Å². The number of nitrogens with one attached hydrogen (secondary N) is 1. The minimum atomic E-state index is -0.853. The van der Waals surface area contributed by atoms with E-state index in [2.05, 4.69) is 32.8 Å². The van der Waals surface area contributed by atoms with Gasteiger partial charge in [0.25, 0.3) is 0 Å². The Morgan fingerprint density at radius 2 is 1.80 bits per heavy atom. The van der Waals surface area contributed by atoms with Crippen LogP contribution in [-0.4, -0.2) is 73.3 Å². The fourth-order valence-corrected chi connectivity index (χ4v) is 3.65. The molecule has 144 valence electrons. The van der Waals surface area contributed by atoms with Crippen LogP contribution in [0, 0.1) is 0 Å². The van der Waals surface area contributed by atoms with Crippen LogP contribution >= 0.6 is 12.2 Å². The number of aliphatic imine (C=N–C) groups is 1. The topological polar surface area (TPSA) is 40.1 Å². The Hall–Kier alpha value is -0.430. The number of halogens is 1.